The lowest BCUT2D eigenvalue weighted by Gasteiger charge is -2.21. The number of amides is 1. The Hall–Kier alpha value is -2.56. The van der Waals surface area contributed by atoms with E-state index in [0.29, 0.717) is 5.69 Å². The average molecular weight is 340 g/mol. The van der Waals surface area contributed by atoms with Gasteiger partial charge in [0.2, 0.25) is 0 Å². The number of benzene rings is 1. The number of carbonyl (C=O) groups excluding carboxylic acids is 1. The van der Waals surface area contributed by atoms with Crippen molar-refractivity contribution in [2.24, 2.45) is 0 Å². The van der Waals surface area contributed by atoms with E-state index in [1.54, 1.807) is 6.20 Å². The molecule has 0 atom stereocenters. The van der Waals surface area contributed by atoms with Crippen LogP contribution < -0.4 is 10.2 Å². The van der Waals surface area contributed by atoms with Crippen molar-refractivity contribution in [3.63, 3.8) is 0 Å². The highest BCUT2D eigenvalue weighted by molar-refractivity contribution is 5.93. The molecule has 2 rings (SSSR count). The second-order valence-electron chi connectivity index (χ2n) is 6.29. The molecule has 1 aromatic heterocycles. The maximum Gasteiger partial charge on any atom is 0.272 e. The van der Waals surface area contributed by atoms with Gasteiger partial charge in [0.1, 0.15) is 5.69 Å². The lowest BCUT2D eigenvalue weighted by atomic mass is 10.2. The molecule has 0 saturated carbocycles. The van der Waals surface area contributed by atoms with Gasteiger partial charge >= 0.3 is 0 Å². The van der Waals surface area contributed by atoms with Crippen LogP contribution >= 0.6 is 0 Å². The van der Waals surface area contributed by atoms with Crippen LogP contribution in [-0.2, 0) is 0 Å². The van der Waals surface area contributed by atoms with Crippen molar-refractivity contribution in [3.8, 4) is 0 Å². The summed E-state index contributed by atoms with van der Waals surface area (Å²) in [6.07, 6.45) is 3.57. The van der Waals surface area contributed by atoms with Crippen LogP contribution in [0.15, 0.2) is 42.6 Å². The number of hydrogen-bond acceptors (Lipinski definition) is 4. The Balaban J connectivity index is 2.13. The molecule has 25 heavy (non-hydrogen) atoms. The highest BCUT2D eigenvalue weighted by atomic mass is 16.2. The summed E-state index contributed by atoms with van der Waals surface area (Å²) >= 11 is 0. The maximum atomic E-state index is 12.7. The van der Waals surface area contributed by atoms with Gasteiger partial charge in [-0.2, -0.15) is 0 Å². The fourth-order valence-electron chi connectivity index (χ4n) is 2.65. The number of rotatable bonds is 8. The minimum Gasteiger partial charge on any atom is -0.378 e. The minimum atomic E-state index is -0.00435. The molecule has 0 saturated heterocycles. The third-order valence-electron chi connectivity index (χ3n) is 3.93. The van der Waals surface area contributed by atoms with Crippen molar-refractivity contribution in [1.29, 1.82) is 0 Å². The SMILES string of the molecule is CCCN(CCC)C(=O)c1cc(Nc2ccc(N(C)C)cc2)ccn1. The summed E-state index contributed by atoms with van der Waals surface area (Å²) in [5, 5.41) is 3.34. The monoisotopic (exact) mass is 340 g/mol. The van der Waals surface area contributed by atoms with Crippen LogP contribution in [0.25, 0.3) is 0 Å². The van der Waals surface area contributed by atoms with Crippen LogP contribution in [-0.4, -0.2) is 43.0 Å². The molecular weight excluding hydrogens is 312 g/mol. The molecule has 0 fully saturated rings. The summed E-state index contributed by atoms with van der Waals surface area (Å²) in [4.78, 5) is 20.9. The van der Waals surface area contributed by atoms with Crippen molar-refractivity contribution in [2.45, 2.75) is 26.7 Å². The molecule has 1 N–H and O–H groups in total. The molecular formula is C20H28N4O. The highest BCUT2D eigenvalue weighted by Gasteiger charge is 2.15. The number of hydrogen-bond donors (Lipinski definition) is 1. The second-order valence-corrected chi connectivity index (χ2v) is 6.29. The first-order chi connectivity index (χ1) is 12.0. The smallest absolute Gasteiger partial charge is 0.272 e. The van der Waals surface area contributed by atoms with Gasteiger partial charge in [0.05, 0.1) is 0 Å². The summed E-state index contributed by atoms with van der Waals surface area (Å²) in [5.41, 5.74) is 3.47. The minimum absolute atomic E-state index is 0.00435. The third kappa shape index (κ3) is 5.21. The van der Waals surface area contributed by atoms with E-state index in [-0.39, 0.29) is 5.91 Å². The summed E-state index contributed by atoms with van der Waals surface area (Å²) in [5.74, 6) is -0.00435. The fourth-order valence-corrected chi connectivity index (χ4v) is 2.65. The van der Waals surface area contributed by atoms with Gasteiger partial charge in [-0.1, -0.05) is 13.8 Å². The van der Waals surface area contributed by atoms with Gasteiger partial charge in [-0.05, 0) is 49.2 Å². The van der Waals surface area contributed by atoms with Crippen molar-refractivity contribution in [3.05, 3.63) is 48.3 Å². The van der Waals surface area contributed by atoms with E-state index in [4.69, 9.17) is 0 Å². The summed E-state index contributed by atoms with van der Waals surface area (Å²) in [6, 6.07) is 11.9. The largest absolute Gasteiger partial charge is 0.378 e. The molecule has 1 heterocycles. The molecule has 0 aliphatic rings. The summed E-state index contributed by atoms with van der Waals surface area (Å²) in [6.45, 7) is 5.69. The van der Waals surface area contributed by atoms with Gasteiger partial charge < -0.3 is 15.1 Å². The van der Waals surface area contributed by atoms with Crippen LogP contribution in [0.3, 0.4) is 0 Å². The molecule has 1 aromatic carbocycles. The Morgan fingerprint density at radius 3 is 2.20 bits per heavy atom. The van der Waals surface area contributed by atoms with Gasteiger partial charge in [-0.15, -0.1) is 0 Å². The van der Waals surface area contributed by atoms with Crippen molar-refractivity contribution < 1.29 is 4.79 Å². The van der Waals surface area contributed by atoms with E-state index in [1.807, 2.05) is 43.3 Å². The zero-order valence-electron chi connectivity index (χ0n) is 15.6. The maximum absolute atomic E-state index is 12.7. The Morgan fingerprint density at radius 1 is 1.00 bits per heavy atom. The van der Waals surface area contributed by atoms with E-state index in [1.165, 1.54) is 0 Å². The Bertz CT molecular complexity index is 676. The average Bonchev–Trinajstić information content (AvgIpc) is 2.61. The molecule has 0 bridgehead atoms. The fraction of sp³-hybridized carbons (Fsp3) is 0.400. The topological polar surface area (TPSA) is 48.5 Å². The van der Waals surface area contributed by atoms with E-state index in [0.717, 1.165) is 43.0 Å². The van der Waals surface area contributed by atoms with Crippen LogP contribution in [0, 0.1) is 0 Å². The number of nitrogens with one attached hydrogen (secondary N) is 1. The third-order valence-corrected chi connectivity index (χ3v) is 3.93. The molecule has 5 nitrogen and oxygen atoms in total. The standard InChI is InChI=1S/C20H28N4O/c1-5-13-24(14-6-2)20(25)19-15-17(11-12-21-19)22-16-7-9-18(10-8-16)23(3)4/h7-12,15H,5-6,13-14H2,1-4H3,(H,21,22). The van der Waals surface area contributed by atoms with Crippen LogP contribution in [0.4, 0.5) is 17.1 Å². The number of aromatic nitrogens is 1. The predicted molar refractivity (Wildman–Crippen MR) is 105 cm³/mol. The summed E-state index contributed by atoms with van der Waals surface area (Å²) in [7, 11) is 4.03. The normalized spacial score (nSPS) is 10.4. The van der Waals surface area contributed by atoms with Crippen molar-refractivity contribution in [2.75, 3.05) is 37.4 Å². The van der Waals surface area contributed by atoms with E-state index >= 15 is 0 Å². The molecule has 2 aromatic rings. The number of anilines is 3. The first-order valence-electron chi connectivity index (χ1n) is 8.84. The summed E-state index contributed by atoms with van der Waals surface area (Å²) < 4.78 is 0. The predicted octanol–water partition coefficient (Wildman–Crippen LogP) is 4.15. The quantitative estimate of drug-likeness (QED) is 0.784. The lowest BCUT2D eigenvalue weighted by Crippen LogP contribution is -2.33. The lowest BCUT2D eigenvalue weighted by molar-refractivity contribution is 0.0749. The van der Waals surface area contributed by atoms with Gasteiger partial charge in [0, 0.05) is 50.4 Å². The van der Waals surface area contributed by atoms with E-state index in [2.05, 4.69) is 41.2 Å². The molecule has 5 heteroatoms. The van der Waals surface area contributed by atoms with Gasteiger partial charge in [-0.25, -0.2) is 0 Å². The van der Waals surface area contributed by atoms with Crippen LogP contribution in [0.1, 0.15) is 37.2 Å². The number of nitrogens with zero attached hydrogens (tertiary/aromatic N) is 3. The zero-order valence-corrected chi connectivity index (χ0v) is 15.6. The van der Waals surface area contributed by atoms with Gasteiger partial charge in [0.25, 0.3) is 5.91 Å². The highest BCUT2D eigenvalue weighted by Crippen LogP contribution is 2.20. The Kier molecular flexibility index (Phi) is 6.81. The molecule has 0 aliphatic carbocycles. The Morgan fingerprint density at radius 2 is 1.64 bits per heavy atom. The second kappa shape index (κ2) is 9.06. The molecule has 0 radical (unpaired) electrons. The molecule has 1 amide bonds. The molecule has 134 valence electrons. The van der Waals surface area contributed by atoms with Gasteiger partial charge in [-0.3, -0.25) is 9.78 Å². The van der Waals surface area contributed by atoms with Gasteiger partial charge in [0.15, 0.2) is 0 Å². The number of carbonyl (C=O) groups is 1. The van der Waals surface area contributed by atoms with E-state index in [9.17, 15) is 4.79 Å². The van der Waals surface area contributed by atoms with Crippen molar-refractivity contribution in [1.82, 2.24) is 9.88 Å². The van der Waals surface area contributed by atoms with Crippen LogP contribution in [0.2, 0.25) is 0 Å². The number of pyridine rings is 1. The first-order valence-corrected chi connectivity index (χ1v) is 8.84. The zero-order chi connectivity index (χ0) is 18.2. The van der Waals surface area contributed by atoms with Crippen LogP contribution in [0.5, 0.6) is 0 Å². The Labute approximate surface area is 150 Å². The molecule has 0 aliphatic heterocycles. The van der Waals surface area contributed by atoms with Crippen molar-refractivity contribution >= 4 is 23.0 Å². The molecule has 0 spiro atoms. The first kappa shape index (κ1) is 18.8. The molecule has 0 unspecified atom stereocenters. The van der Waals surface area contributed by atoms with E-state index < -0.39 is 0 Å².